The van der Waals surface area contributed by atoms with Gasteiger partial charge in [0.15, 0.2) is 0 Å². The number of fused-ring (bicyclic) bond motifs is 1. The Morgan fingerprint density at radius 3 is 2.72 bits per heavy atom. The normalized spacial score (nSPS) is 18.3. The lowest BCUT2D eigenvalue weighted by atomic mass is 10.0. The molecule has 5 rings (SSSR count). The van der Waals surface area contributed by atoms with Gasteiger partial charge in [-0.15, -0.1) is 0 Å². The maximum absolute atomic E-state index is 12.4. The summed E-state index contributed by atoms with van der Waals surface area (Å²) in [5.41, 5.74) is 4.37. The molecule has 0 bridgehead atoms. The Balaban J connectivity index is 1.28. The number of aromatic nitrogens is 2. The van der Waals surface area contributed by atoms with Gasteiger partial charge in [-0.05, 0) is 60.4 Å². The van der Waals surface area contributed by atoms with Crippen LogP contribution < -0.4 is 5.32 Å². The van der Waals surface area contributed by atoms with Gasteiger partial charge in [0.05, 0.1) is 6.04 Å². The fraction of sp³-hybridized carbons (Fsp3) is 0.259. The average Bonchev–Trinajstić information content (AvgIpc) is 3.47. The number of amides is 1. The van der Waals surface area contributed by atoms with E-state index in [9.17, 15) is 4.79 Å². The Kier molecular flexibility index (Phi) is 5.63. The summed E-state index contributed by atoms with van der Waals surface area (Å²) in [5.74, 6) is 0.308. The number of nitrogens with one attached hydrogen (secondary N) is 1. The topological polar surface area (TPSA) is 56.2 Å². The predicted octanol–water partition coefficient (Wildman–Crippen LogP) is 6.53. The molecule has 1 N–H and O–H groups in total. The van der Waals surface area contributed by atoms with Crippen molar-refractivity contribution in [3.05, 3.63) is 96.4 Å². The first kappa shape index (κ1) is 20.3. The van der Waals surface area contributed by atoms with Gasteiger partial charge in [0.25, 0.3) is 0 Å². The summed E-state index contributed by atoms with van der Waals surface area (Å²) in [4.78, 5) is 16.6. The van der Waals surface area contributed by atoms with E-state index in [1.54, 1.807) is 0 Å². The van der Waals surface area contributed by atoms with Crippen molar-refractivity contribution in [1.82, 2.24) is 9.55 Å². The summed E-state index contributed by atoms with van der Waals surface area (Å²) in [6, 6.07) is 22.7. The van der Waals surface area contributed by atoms with Crippen molar-refractivity contribution in [1.29, 1.82) is 0 Å². The first-order valence-corrected chi connectivity index (χ1v) is 11.3. The molecule has 5 nitrogen and oxygen atoms in total. The fourth-order valence-electron chi connectivity index (χ4n) is 4.48. The van der Waals surface area contributed by atoms with Crippen molar-refractivity contribution in [2.75, 3.05) is 5.32 Å². The first-order valence-electron chi connectivity index (χ1n) is 11.3. The second kappa shape index (κ2) is 8.87. The van der Waals surface area contributed by atoms with Gasteiger partial charge >= 0.3 is 6.09 Å². The van der Waals surface area contributed by atoms with Crippen LogP contribution >= 0.6 is 0 Å². The number of ether oxygens (including phenoxy) is 1. The van der Waals surface area contributed by atoms with E-state index in [1.807, 2.05) is 42.7 Å². The van der Waals surface area contributed by atoms with Gasteiger partial charge in [-0.1, -0.05) is 43.7 Å². The van der Waals surface area contributed by atoms with Crippen molar-refractivity contribution < 1.29 is 9.53 Å². The standard InChI is InChI=1S/C27H27N3O2/c1-2-6-24(20-11-14-28-15-12-20)30-16-13-21-17-22(9-10-25(21)30)29-27(31)32-26-18-23(26)19-7-4-3-5-8-19/h3-5,7-17,23-24,26H,2,6,18H2,1H3,(H,29,31). The molecule has 162 valence electrons. The third kappa shape index (κ3) is 4.24. The lowest BCUT2D eigenvalue weighted by molar-refractivity contribution is 0.152. The van der Waals surface area contributed by atoms with Crippen LogP contribution in [-0.4, -0.2) is 21.7 Å². The van der Waals surface area contributed by atoms with Gasteiger partial charge in [-0.2, -0.15) is 0 Å². The molecule has 0 saturated heterocycles. The summed E-state index contributed by atoms with van der Waals surface area (Å²) in [6.07, 6.45) is 8.40. The molecule has 2 aromatic heterocycles. The number of carbonyl (C=O) groups is 1. The largest absolute Gasteiger partial charge is 0.445 e. The van der Waals surface area contributed by atoms with Crippen LogP contribution in [0.3, 0.4) is 0 Å². The Bertz CT molecular complexity index is 1200. The van der Waals surface area contributed by atoms with Crippen molar-refractivity contribution in [2.24, 2.45) is 0 Å². The van der Waals surface area contributed by atoms with Crippen LogP contribution in [0, 0.1) is 0 Å². The number of rotatable bonds is 7. The summed E-state index contributed by atoms with van der Waals surface area (Å²) in [6.45, 7) is 2.20. The van der Waals surface area contributed by atoms with E-state index in [2.05, 4.69) is 64.4 Å². The van der Waals surface area contributed by atoms with Crippen molar-refractivity contribution >= 4 is 22.7 Å². The van der Waals surface area contributed by atoms with E-state index in [1.165, 1.54) is 11.1 Å². The van der Waals surface area contributed by atoms with E-state index >= 15 is 0 Å². The summed E-state index contributed by atoms with van der Waals surface area (Å²) in [5, 5.41) is 3.98. The molecule has 1 fully saturated rings. The summed E-state index contributed by atoms with van der Waals surface area (Å²) < 4.78 is 7.93. The molecule has 2 heterocycles. The molecule has 3 unspecified atom stereocenters. The van der Waals surface area contributed by atoms with Gasteiger partial charge in [0, 0.05) is 41.1 Å². The zero-order chi connectivity index (χ0) is 21.9. The van der Waals surface area contributed by atoms with Crippen molar-refractivity contribution in [3.63, 3.8) is 0 Å². The van der Waals surface area contributed by atoms with Gasteiger partial charge in [-0.3, -0.25) is 10.3 Å². The molecule has 4 aromatic rings. The molecule has 1 aliphatic carbocycles. The van der Waals surface area contributed by atoms with Gasteiger partial charge in [-0.25, -0.2) is 4.79 Å². The second-order valence-corrected chi connectivity index (χ2v) is 8.40. The average molecular weight is 426 g/mol. The van der Waals surface area contributed by atoms with Gasteiger partial charge in [0.2, 0.25) is 0 Å². The van der Waals surface area contributed by atoms with Crippen LogP contribution in [0.1, 0.15) is 49.3 Å². The molecule has 32 heavy (non-hydrogen) atoms. The number of carbonyl (C=O) groups excluding carboxylic acids is 1. The molecule has 0 spiro atoms. The lowest BCUT2D eigenvalue weighted by Gasteiger charge is -2.20. The van der Waals surface area contributed by atoms with Crippen LogP contribution in [-0.2, 0) is 4.74 Å². The van der Waals surface area contributed by atoms with E-state index in [-0.39, 0.29) is 12.1 Å². The number of benzene rings is 2. The third-order valence-corrected chi connectivity index (χ3v) is 6.17. The van der Waals surface area contributed by atoms with Crippen LogP contribution in [0.5, 0.6) is 0 Å². The molecule has 1 amide bonds. The van der Waals surface area contributed by atoms with Gasteiger partial charge < -0.3 is 9.30 Å². The Morgan fingerprint density at radius 1 is 1.12 bits per heavy atom. The van der Waals surface area contributed by atoms with E-state index < -0.39 is 6.09 Å². The van der Waals surface area contributed by atoms with E-state index in [4.69, 9.17) is 4.74 Å². The minimum Gasteiger partial charge on any atom is -0.445 e. The number of hydrogen-bond donors (Lipinski definition) is 1. The fourth-order valence-corrected chi connectivity index (χ4v) is 4.48. The molecule has 2 aromatic carbocycles. The van der Waals surface area contributed by atoms with Crippen LogP contribution in [0.4, 0.5) is 10.5 Å². The highest BCUT2D eigenvalue weighted by atomic mass is 16.6. The molecule has 0 radical (unpaired) electrons. The molecule has 1 aliphatic rings. The monoisotopic (exact) mass is 425 g/mol. The molecular formula is C27H27N3O2. The van der Waals surface area contributed by atoms with Crippen LogP contribution in [0.2, 0.25) is 0 Å². The third-order valence-electron chi connectivity index (χ3n) is 6.17. The SMILES string of the molecule is CCCC(c1ccncc1)n1ccc2cc(NC(=O)OC3CC3c3ccccc3)ccc21. The van der Waals surface area contributed by atoms with E-state index in [0.29, 0.717) is 5.92 Å². The highest BCUT2D eigenvalue weighted by Gasteiger charge is 2.41. The first-order chi connectivity index (χ1) is 15.7. The quantitative estimate of drug-likeness (QED) is 0.366. The maximum atomic E-state index is 12.4. The molecule has 5 heteroatoms. The minimum atomic E-state index is -0.396. The Labute approximate surface area is 188 Å². The minimum absolute atomic E-state index is 0.0441. The van der Waals surface area contributed by atoms with Crippen molar-refractivity contribution in [3.8, 4) is 0 Å². The predicted molar refractivity (Wildman–Crippen MR) is 127 cm³/mol. The highest BCUT2D eigenvalue weighted by molar-refractivity contribution is 5.90. The maximum Gasteiger partial charge on any atom is 0.411 e. The number of hydrogen-bond acceptors (Lipinski definition) is 3. The zero-order valence-electron chi connectivity index (χ0n) is 18.1. The van der Waals surface area contributed by atoms with E-state index in [0.717, 1.165) is 35.9 Å². The molecule has 3 atom stereocenters. The number of anilines is 1. The van der Waals surface area contributed by atoms with Gasteiger partial charge in [0.1, 0.15) is 6.10 Å². The Morgan fingerprint density at radius 2 is 1.94 bits per heavy atom. The zero-order valence-corrected chi connectivity index (χ0v) is 18.1. The van der Waals surface area contributed by atoms with Crippen LogP contribution in [0.25, 0.3) is 10.9 Å². The smallest absolute Gasteiger partial charge is 0.411 e. The summed E-state index contributed by atoms with van der Waals surface area (Å²) >= 11 is 0. The van der Waals surface area contributed by atoms with Crippen molar-refractivity contribution in [2.45, 2.75) is 44.2 Å². The lowest BCUT2D eigenvalue weighted by Crippen LogP contribution is -2.15. The molecule has 0 aliphatic heterocycles. The highest BCUT2D eigenvalue weighted by Crippen LogP contribution is 2.43. The number of pyridine rings is 1. The second-order valence-electron chi connectivity index (χ2n) is 8.40. The molecular weight excluding hydrogens is 398 g/mol. The Hall–Kier alpha value is -3.60. The summed E-state index contributed by atoms with van der Waals surface area (Å²) in [7, 11) is 0. The molecule has 1 saturated carbocycles. The van der Waals surface area contributed by atoms with Crippen LogP contribution in [0.15, 0.2) is 85.3 Å². The number of nitrogens with zero attached hydrogens (tertiary/aromatic N) is 2.